The second kappa shape index (κ2) is 3.39. The van der Waals surface area contributed by atoms with E-state index in [2.05, 4.69) is 5.92 Å². The zero-order valence-corrected chi connectivity index (χ0v) is 7.49. The van der Waals surface area contributed by atoms with E-state index in [1.807, 2.05) is 6.07 Å². The fraction of sp³-hybridized carbons (Fsp3) is 0.0833. The Balaban J connectivity index is 2.74. The van der Waals surface area contributed by atoms with Gasteiger partial charge in [-0.05, 0) is 12.1 Å². The van der Waals surface area contributed by atoms with E-state index in [1.54, 1.807) is 18.2 Å². The van der Waals surface area contributed by atoms with Crippen LogP contribution >= 0.6 is 0 Å². The van der Waals surface area contributed by atoms with Crippen molar-refractivity contribution in [2.24, 2.45) is 0 Å². The van der Waals surface area contributed by atoms with Gasteiger partial charge in [0.2, 0.25) is 0 Å². The third-order valence-electron chi connectivity index (χ3n) is 1.96. The van der Waals surface area contributed by atoms with E-state index in [-0.39, 0.29) is 5.43 Å². The van der Waals surface area contributed by atoms with Crippen LogP contribution in [0.1, 0.15) is 5.76 Å². The Hall–Kier alpha value is -2.01. The van der Waals surface area contributed by atoms with Gasteiger partial charge in [0.05, 0.1) is 11.8 Å². The van der Waals surface area contributed by atoms with Crippen molar-refractivity contribution in [2.75, 3.05) is 0 Å². The highest BCUT2D eigenvalue weighted by Gasteiger charge is 2.01. The molecule has 0 bridgehead atoms. The van der Waals surface area contributed by atoms with Crippen LogP contribution in [0, 0.1) is 12.3 Å². The number of hydrogen-bond donors (Lipinski definition) is 0. The molecule has 0 amide bonds. The molecule has 68 valence electrons. The molecular weight excluding hydrogens is 176 g/mol. The van der Waals surface area contributed by atoms with Gasteiger partial charge in [0, 0.05) is 6.07 Å². The highest BCUT2D eigenvalue weighted by Crippen LogP contribution is 2.11. The third-order valence-corrected chi connectivity index (χ3v) is 1.96. The maximum Gasteiger partial charge on any atom is 0.192 e. The van der Waals surface area contributed by atoms with Gasteiger partial charge in [0.15, 0.2) is 5.43 Å². The van der Waals surface area contributed by atoms with E-state index in [4.69, 9.17) is 10.8 Å². The number of rotatable bonds is 1. The maximum absolute atomic E-state index is 11.5. The Morgan fingerprint density at radius 1 is 1.36 bits per heavy atom. The molecule has 2 aromatic rings. The van der Waals surface area contributed by atoms with Crippen LogP contribution in [0.2, 0.25) is 0 Å². The summed E-state index contributed by atoms with van der Waals surface area (Å²) in [6.07, 6.45) is 5.49. The molecule has 0 atom stereocenters. The summed E-state index contributed by atoms with van der Waals surface area (Å²) in [5.74, 6) is 2.98. The summed E-state index contributed by atoms with van der Waals surface area (Å²) in [6.45, 7) is 0. The Labute approximate surface area is 81.2 Å². The van der Waals surface area contributed by atoms with Crippen LogP contribution in [-0.2, 0) is 6.42 Å². The first-order valence-corrected chi connectivity index (χ1v) is 4.26. The standard InChI is InChI=1S/C12H8O2/c1-2-5-9-8-11(13)10-6-3-4-7-12(10)14-9/h1,3-4,6-8H,5H2. The van der Waals surface area contributed by atoms with Crippen LogP contribution in [0.25, 0.3) is 11.0 Å². The van der Waals surface area contributed by atoms with Crippen molar-refractivity contribution in [1.29, 1.82) is 0 Å². The van der Waals surface area contributed by atoms with E-state index in [0.717, 1.165) is 0 Å². The van der Waals surface area contributed by atoms with Gasteiger partial charge in [0.25, 0.3) is 0 Å². The van der Waals surface area contributed by atoms with E-state index < -0.39 is 0 Å². The van der Waals surface area contributed by atoms with Crippen molar-refractivity contribution in [3.63, 3.8) is 0 Å². The van der Waals surface area contributed by atoms with Gasteiger partial charge in [-0.1, -0.05) is 18.1 Å². The van der Waals surface area contributed by atoms with Crippen LogP contribution in [0.3, 0.4) is 0 Å². The highest BCUT2D eigenvalue weighted by molar-refractivity contribution is 5.76. The van der Waals surface area contributed by atoms with Crippen molar-refractivity contribution in [2.45, 2.75) is 6.42 Å². The first kappa shape index (κ1) is 8.58. The summed E-state index contributed by atoms with van der Waals surface area (Å²) in [7, 11) is 0. The average Bonchev–Trinajstić information content (AvgIpc) is 2.18. The third kappa shape index (κ3) is 1.40. The summed E-state index contributed by atoms with van der Waals surface area (Å²) in [6, 6.07) is 8.57. The summed E-state index contributed by atoms with van der Waals surface area (Å²) in [5, 5.41) is 0.591. The molecule has 14 heavy (non-hydrogen) atoms. The lowest BCUT2D eigenvalue weighted by molar-refractivity contribution is 0.554. The quantitative estimate of drug-likeness (QED) is 0.634. The Morgan fingerprint density at radius 3 is 2.93 bits per heavy atom. The molecule has 0 aliphatic heterocycles. The normalized spacial score (nSPS) is 9.93. The fourth-order valence-electron chi connectivity index (χ4n) is 1.34. The highest BCUT2D eigenvalue weighted by atomic mass is 16.3. The van der Waals surface area contributed by atoms with Gasteiger partial charge < -0.3 is 4.42 Å². The number of benzene rings is 1. The molecule has 0 saturated heterocycles. The van der Waals surface area contributed by atoms with Gasteiger partial charge in [-0.25, -0.2) is 0 Å². The molecule has 2 rings (SSSR count). The molecular formula is C12H8O2. The molecule has 0 spiro atoms. The van der Waals surface area contributed by atoms with Crippen LogP contribution < -0.4 is 5.43 Å². The molecule has 0 N–H and O–H groups in total. The topological polar surface area (TPSA) is 30.2 Å². The minimum atomic E-state index is -0.0444. The fourth-order valence-corrected chi connectivity index (χ4v) is 1.34. The lowest BCUT2D eigenvalue weighted by Crippen LogP contribution is -2.01. The molecule has 0 unspecified atom stereocenters. The minimum absolute atomic E-state index is 0.0444. The molecule has 0 aliphatic carbocycles. The van der Waals surface area contributed by atoms with Crippen LogP contribution in [0.15, 0.2) is 39.5 Å². The number of para-hydroxylation sites is 1. The minimum Gasteiger partial charge on any atom is -0.460 e. The number of fused-ring (bicyclic) bond motifs is 1. The van der Waals surface area contributed by atoms with Gasteiger partial charge in [-0.2, -0.15) is 0 Å². The summed E-state index contributed by atoms with van der Waals surface area (Å²) < 4.78 is 5.44. The average molecular weight is 184 g/mol. The van der Waals surface area contributed by atoms with Crippen molar-refractivity contribution < 1.29 is 4.42 Å². The molecule has 2 heteroatoms. The molecule has 0 saturated carbocycles. The van der Waals surface area contributed by atoms with Crippen LogP contribution in [-0.4, -0.2) is 0 Å². The van der Waals surface area contributed by atoms with Crippen molar-refractivity contribution in [3.05, 3.63) is 46.3 Å². The molecule has 0 aliphatic rings. The predicted octanol–water partition coefficient (Wildman–Crippen LogP) is 1.97. The Kier molecular flexibility index (Phi) is 2.08. The summed E-state index contributed by atoms with van der Waals surface area (Å²) in [5.41, 5.74) is 0.544. The Bertz CT molecular complexity index is 558. The zero-order valence-electron chi connectivity index (χ0n) is 7.49. The predicted molar refractivity (Wildman–Crippen MR) is 55.0 cm³/mol. The molecule has 2 nitrogen and oxygen atoms in total. The van der Waals surface area contributed by atoms with E-state index in [1.165, 1.54) is 6.07 Å². The number of hydrogen-bond acceptors (Lipinski definition) is 2. The maximum atomic E-state index is 11.5. The zero-order chi connectivity index (χ0) is 9.97. The van der Waals surface area contributed by atoms with Crippen molar-refractivity contribution in [3.8, 4) is 12.3 Å². The molecule has 1 heterocycles. The van der Waals surface area contributed by atoms with Gasteiger partial charge in [0.1, 0.15) is 11.3 Å². The van der Waals surface area contributed by atoms with Crippen LogP contribution in [0.4, 0.5) is 0 Å². The SMILES string of the molecule is C#CCc1cc(=O)c2ccccc2o1. The second-order valence-corrected chi connectivity index (χ2v) is 2.95. The van der Waals surface area contributed by atoms with Gasteiger partial charge >= 0.3 is 0 Å². The van der Waals surface area contributed by atoms with E-state index in [9.17, 15) is 4.79 Å². The lowest BCUT2D eigenvalue weighted by atomic mass is 10.2. The molecule has 1 aromatic heterocycles. The summed E-state index contributed by atoms with van der Waals surface area (Å²) >= 11 is 0. The smallest absolute Gasteiger partial charge is 0.192 e. The van der Waals surface area contributed by atoms with E-state index in [0.29, 0.717) is 23.2 Å². The molecule has 0 radical (unpaired) electrons. The second-order valence-electron chi connectivity index (χ2n) is 2.95. The number of terminal acetylenes is 1. The van der Waals surface area contributed by atoms with Crippen molar-refractivity contribution >= 4 is 11.0 Å². The van der Waals surface area contributed by atoms with E-state index >= 15 is 0 Å². The largest absolute Gasteiger partial charge is 0.460 e. The van der Waals surface area contributed by atoms with Gasteiger partial charge in [-0.3, -0.25) is 4.79 Å². The first-order chi connectivity index (χ1) is 6.81. The van der Waals surface area contributed by atoms with Crippen molar-refractivity contribution in [1.82, 2.24) is 0 Å². The van der Waals surface area contributed by atoms with Crippen LogP contribution in [0.5, 0.6) is 0 Å². The molecule has 0 fully saturated rings. The molecule has 1 aromatic carbocycles. The monoisotopic (exact) mass is 184 g/mol. The summed E-state index contributed by atoms with van der Waals surface area (Å²) in [4.78, 5) is 11.5. The van der Waals surface area contributed by atoms with Gasteiger partial charge in [-0.15, -0.1) is 6.42 Å². The first-order valence-electron chi connectivity index (χ1n) is 4.26. The Morgan fingerprint density at radius 2 is 2.14 bits per heavy atom. The lowest BCUT2D eigenvalue weighted by Gasteiger charge is -1.98.